The first-order valence-corrected chi connectivity index (χ1v) is 7.95. The number of aromatic nitrogens is 3. The molecule has 0 aliphatic rings. The highest BCUT2D eigenvalue weighted by molar-refractivity contribution is 5.47. The Labute approximate surface area is 140 Å². The Balaban J connectivity index is 1.84. The number of hydrogen-bond donors (Lipinski definition) is 1. The average Bonchev–Trinajstić information content (AvgIpc) is 2.93. The summed E-state index contributed by atoms with van der Waals surface area (Å²) < 4.78 is 14.9. The Morgan fingerprint density at radius 1 is 1.17 bits per heavy atom. The summed E-state index contributed by atoms with van der Waals surface area (Å²) in [5.74, 6) is -0.245. The van der Waals surface area contributed by atoms with E-state index in [-0.39, 0.29) is 12.4 Å². The van der Waals surface area contributed by atoms with Crippen LogP contribution in [-0.2, 0) is 13.1 Å². The fraction of sp³-hybridized carbons (Fsp3) is 0.333. The zero-order chi connectivity index (χ0) is 17.1. The van der Waals surface area contributed by atoms with Gasteiger partial charge in [0.1, 0.15) is 5.82 Å². The van der Waals surface area contributed by atoms with Crippen LogP contribution >= 0.6 is 0 Å². The molecule has 2 aromatic heterocycles. The Hall–Kier alpha value is -2.31. The van der Waals surface area contributed by atoms with Crippen molar-refractivity contribution in [3.63, 3.8) is 0 Å². The normalized spacial score (nSPS) is 11.5. The number of halogens is 1. The molecule has 0 amide bonds. The van der Waals surface area contributed by atoms with E-state index in [1.165, 1.54) is 12.1 Å². The first kappa shape index (κ1) is 16.5. The summed E-state index contributed by atoms with van der Waals surface area (Å²) in [5.41, 5.74) is 4.85. The number of nitrogens with zero attached hydrogens (tertiary/aromatic N) is 4. The van der Waals surface area contributed by atoms with E-state index in [1.807, 2.05) is 30.6 Å². The number of benzene rings is 1. The monoisotopic (exact) mass is 328 g/mol. The van der Waals surface area contributed by atoms with Crippen LogP contribution in [0.15, 0.2) is 36.5 Å². The van der Waals surface area contributed by atoms with Crippen LogP contribution in [0.1, 0.15) is 22.5 Å². The standard InChI is InChI=1S/C18H21FN4O/c1-13-9-14(2)23-18(21-13)16(10-20-23)12-22(7-8-24)11-15-3-5-17(19)6-4-15/h3-6,9-10,24H,7-8,11-12H2,1-2H3. The molecule has 3 aromatic rings. The van der Waals surface area contributed by atoms with Gasteiger partial charge in [-0.15, -0.1) is 0 Å². The van der Waals surface area contributed by atoms with Gasteiger partial charge in [-0.1, -0.05) is 12.1 Å². The molecule has 1 N–H and O–H groups in total. The van der Waals surface area contributed by atoms with Crippen molar-refractivity contribution in [1.82, 2.24) is 19.5 Å². The smallest absolute Gasteiger partial charge is 0.159 e. The molecule has 0 atom stereocenters. The highest BCUT2D eigenvalue weighted by atomic mass is 19.1. The lowest BCUT2D eigenvalue weighted by molar-refractivity contribution is 0.184. The van der Waals surface area contributed by atoms with Crippen LogP contribution in [0.2, 0.25) is 0 Å². The maximum Gasteiger partial charge on any atom is 0.159 e. The first-order valence-electron chi connectivity index (χ1n) is 7.95. The summed E-state index contributed by atoms with van der Waals surface area (Å²) in [6.07, 6.45) is 1.82. The lowest BCUT2D eigenvalue weighted by atomic mass is 10.2. The van der Waals surface area contributed by atoms with Crippen molar-refractivity contribution in [2.45, 2.75) is 26.9 Å². The number of aliphatic hydroxyl groups excluding tert-OH is 1. The maximum atomic E-state index is 13.1. The fourth-order valence-electron chi connectivity index (χ4n) is 2.87. The summed E-state index contributed by atoms with van der Waals surface area (Å²) in [6, 6.07) is 8.44. The van der Waals surface area contributed by atoms with Gasteiger partial charge in [-0.05, 0) is 37.6 Å². The third-order valence-corrected chi connectivity index (χ3v) is 3.98. The van der Waals surface area contributed by atoms with Crippen LogP contribution in [0.4, 0.5) is 4.39 Å². The van der Waals surface area contributed by atoms with Gasteiger partial charge in [-0.2, -0.15) is 5.10 Å². The molecule has 0 aliphatic carbocycles. The third-order valence-electron chi connectivity index (χ3n) is 3.98. The zero-order valence-electron chi connectivity index (χ0n) is 13.9. The molecule has 0 spiro atoms. The van der Waals surface area contributed by atoms with Gasteiger partial charge in [0.15, 0.2) is 5.65 Å². The van der Waals surface area contributed by atoms with Crippen LogP contribution < -0.4 is 0 Å². The van der Waals surface area contributed by atoms with E-state index >= 15 is 0 Å². The van der Waals surface area contributed by atoms with E-state index in [4.69, 9.17) is 0 Å². The SMILES string of the molecule is Cc1cc(C)n2ncc(CN(CCO)Cc3ccc(F)cc3)c2n1. The molecule has 126 valence electrons. The van der Waals surface area contributed by atoms with E-state index in [1.54, 1.807) is 12.1 Å². The minimum Gasteiger partial charge on any atom is -0.395 e. The summed E-state index contributed by atoms with van der Waals surface area (Å²) >= 11 is 0. The second kappa shape index (κ2) is 7.07. The van der Waals surface area contributed by atoms with Crippen LogP contribution in [0, 0.1) is 19.7 Å². The Bertz CT molecular complexity index is 829. The largest absolute Gasteiger partial charge is 0.395 e. The van der Waals surface area contributed by atoms with Crippen LogP contribution in [0.5, 0.6) is 0 Å². The molecule has 0 bridgehead atoms. The second-order valence-electron chi connectivity index (χ2n) is 6.00. The van der Waals surface area contributed by atoms with Crippen molar-refractivity contribution in [3.05, 3.63) is 64.9 Å². The van der Waals surface area contributed by atoms with Crippen molar-refractivity contribution in [2.24, 2.45) is 0 Å². The van der Waals surface area contributed by atoms with Gasteiger partial charge < -0.3 is 5.11 Å². The number of aliphatic hydroxyl groups is 1. The second-order valence-corrected chi connectivity index (χ2v) is 6.00. The number of hydrogen-bond acceptors (Lipinski definition) is 4. The molecule has 0 radical (unpaired) electrons. The summed E-state index contributed by atoms with van der Waals surface area (Å²) in [4.78, 5) is 6.69. The van der Waals surface area contributed by atoms with Crippen molar-refractivity contribution in [3.8, 4) is 0 Å². The molecule has 0 saturated carbocycles. The van der Waals surface area contributed by atoms with Gasteiger partial charge in [0.25, 0.3) is 0 Å². The molecule has 24 heavy (non-hydrogen) atoms. The molecule has 0 saturated heterocycles. The van der Waals surface area contributed by atoms with Crippen molar-refractivity contribution < 1.29 is 9.50 Å². The summed E-state index contributed by atoms with van der Waals surface area (Å²) in [5, 5.41) is 13.8. The highest BCUT2D eigenvalue weighted by Crippen LogP contribution is 2.16. The van der Waals surface area contributed by atoms with Gasteiger partial charge in [0.05, 0.1) is 12.8 Å². The molecule has 5 nitrogen and oxygen atoms in total. The first-order chi connectivity index (χ1) is 11.6. The lowest BCUT2D eigenvalue weighted by Crippen LogP contribution is -2.26. The quantitative estimate of drug-likeness (QED) is 0.755. The highest BCUT2D eigenvalue weighted by Gasteiger charge is 2.13. The van der Waals surface area contributed by atoms with Crippen molar-refractivity contribution >= 4 is 5.65 Å². The third kappa shape index (κ3) is 3.60. The number of fused-ring (bicyclic) bond motifs is 1. The number of aryl methyl sites for hydroxylation is 2. The van der Waals surface area contributed by atoms with E-state index in [0.717, 1.165) is 28.2 Å². The number of rotatable bonds is 6. The Morgan fingerprint density at radius 2 is 1.92 bits per heavy atom. The van der Waals surface area contributed by atoms with Crippen molar-refractivity contribution in [1.29, 1.82) is 0 Å². The van der Waals surface area contributed by atoms with Crippen molar-refractivity contribution in [2.75, 3.05) is 13.2 Å². The minimum absolute atomic E-state index is 0.0614. The van der Waals surface area contributed by atoms with Gasteiger partial charge in [-0.25, -0.2) is 13.9 Å². The molecule has 0 unspecified atom stereocenters. The van der Waals surface area contributed by atoms with E-state index in [2.05, 4.69) is 15.0 Å². The molecular weight excluding hydrogens is 307 g/mol. The van der Waals surface area contributed by atoms with Gasteiger partial charge in [0.2, 0.25) is 0 Å². The van der Waals surface area contributed by atoms with Crippen LogP contribution in [0.3, 0.4) is 0 Å². The molecule has 3 rings (SSSR count). The molecule has 0 fully saturated rings. The molecular formula is C18H21FN4O. The summed E-state index contributed by atoms with van der Waals surface area (Å²) in [7, 11) is 0. The van der Waals surface area contributed by atoms with E-state index in [9.17, 15) is 9.50 Å². The average molecular weight is 328 g/mol. The Kier molecular flexibility index (Phi) is 4.87. The minimum atomic E-state index is -0.245. The fourth-order valence-corrected chi connectivity index (χ4v) is 2.87. The van der Waals surface area contributed by atoms with Gasteiger partial charge in [-0.3, -0.25) is 4.90 Å². The van der Waals surface area contributed by atoms with E-state index < -0.39 is 0 Å². The van der Waals surface area contributed by atoms with Gasteiger partial charge >= 0.3 is 0 Å². The topological polar surface area (TPSA) is 53.7 Å². The zero-order valence-corrected chi connectivity index (χ0v) is 13.9. The predicted molar refractivity (Wildman–Crippen MR) is 90.1 cm³/mol. The van der Waals surface area contributed by atoms with Crippen LogP contribution in [-0.4, -0.2) is 37.8 Å². The maximum absolute atomic E-state index is 13.1. The molecule has 1 aromatic carbocycles. The molecule has 2 heterocycles. The summed E-state index contributed by atoms with van der Waals surface area (Å²) in [6.45, 7) is 5.81. The molecule has 6 heteroatoms. The van der Waals surface area contributed by atoms with Gasteiger partial charge in [0, 0.05) is 36.6 Å². The Morgan fingerprint density at radius 3 is 2.62 bits per heavy atom. The predicted octanol–water partition coefficient (Wildman–Crippen LogP) is 2.48. The lowest BCUT2D eigenvalue weighted by Gasteiger charge is -2.21. The van der Waals surface area contributed by atoms with E-state index in [0.29, 0.717) is 19.6 Å². The molecule has 0 aliphatic heterocycles. The van der Waals surface area contributed by atoms with Crippen LogP contribution in [0.25, 0.3) is 5.65 Å².